The van der Waals surface area contributed by atoms with Crippen LogP contribution < -0.4 is 5.73 Å². The van der Waals surface area contributed by atoms with Crippen molar-refractivity contribution in [3.8, 4) is 0 Å². The van der Waals surface area contributed by atoms with E-state index in [0.29, 0.717) is 28.4 Å². The minimum Gasteiger partial charge on any atom is -0.462 e. The number of azide groups is 1. The van der Waals surface area contributed by atoms with Crippen molar-refractivity contribution >= 4 is 24.2 Å². The molecule has 4 N–H and O–H groups in total. The molecule has 7 heteroatoms. The van der Waals surface area contributed by atoms with Gasteiger partial charge in [0.2, 0.25) is 0 Å². The van der Waals surface area contributed by atoms with Gasteiger partial charge in [0.25, 0.3) is 0 Å². The molecular formula is C17H16N6O. The van der Waals surface area contributed by atoms with Crippen molar-refractivity contribution in [2.45, 2.75) is 0 Å². The highest BCUT2D eigenvalue weighted by molar-refractivity contribution is 6.03. The van der Waals surface area contributed by atoms with E-state index in [0.717, 1.165) is 18.0 Å². The van der Waals surface area contributed by atoms with Crippen LogP contribution in [0, 0.1) is 10.8 Å². The first-order valence-electron chi connectivity index (χ1n) is 7.06. The number of hydrogen-bond acceptors (Lipinski definition) is 5. The lowest BCUT2D eigenvalue weighted by molar-refractivity contribution is 0.311. The van der Waals surface area contributed by atoms with Crippen molar-refractivity contribution < 1.29 is 4.74 Å². The summed E-state index contributed by atoms with van der Waals surface area (Å²) in [6.07, 6.45) is 9.17. The van der Waals surface area contributed by atoms with Gasteiger partial charge in [0, 0.05) is 28.6 Å². The Morgan fingerprint density at radius 2 is 1.88 bits per heavy atom. The summed E-state index contributed by atoms with van der Waals surface area (Å²) < 4.78 is 5.66. The number of anilines is 1. The van der Waals surface area contributed by atoms with E-state index in [-0.39, 0.29) is 6.54 Å². The van der Waals surface area contributed by atoms with Crippen LogP contribution in [0.3, 0.4) is 0 Å². The summed E-state index contributed by atoms with van der Waals surface area (Å²) in [5.74, 6) is 0.970. The number of nitrogens with one attached hydrogen (secondary N) is 2. The fourth-order valence-corrected chi connectivity index (χ4v) is 2.00. The Morgan fingerprint density at radius 1 is 1.17 bits per heavy atom. The van der Waals surface area contributed by atoms with E-state index in [1.54, 1.807) is 30.4 Å². The van der Waals surface area contributed by atoms with Crippen molar-refractivity contribution in [2.75, 3.05) is 12.3 Å². The van der Waals surface area contributed by atoms with Gasteiger partial charge in [0.05, 0.1) is 6.54 Å². The van der Waals surface area contributed by atoms with Crippen LogP contribution >= 0.6 is 0 Å². The highest BCUT2D eigenvalue weighted by atomic mass is 16.5. The monoisotopic (exact) mass is 320 g/mol. The van der Waals surface area contributed by atoms with E-state index in [9.17, 15) is 0 Å². The normalized spacial score (nSPS) is 13.4. The Labute approximate surface area is 139 Å². The number of nitrogens with two attached hydrogens (primary N) is 1. The summed E-state index contributed by atoms with van der Waals surface area (Å²) in [5.41, 5.74) is 16.8. The molecule has 1 aromatic carbocycles. The average molecular weight is 320 g/mol. The Hall–Kier alpha value is -3.57. The Kier molecular flexibility index (Phi) is 5.71. The second-order valence-corrected chi connectivity index (χ2v) is 4.85. The summed E-state index contributed by atoms with van der Waals surface area (Å²) in [6, 6.07) is 7.36. The molecule has 1 aliphatic rings. The van der Waals surface area contributed by atoms with Crippen LogP contribution in [-0.4, -0.2) is 19.0 Å². The van der Waals surface area contributed by atoms with E-state index in [1.807, 2.05) is 18.2 Å². The largest absolute Gasteiger partial charge is 0.462 e. The Bertz CT molecular complexity index is 798. The summed E-state index contributed by atoms with van der Waals surface area (Å²) in [5, 5.41) is 18.2. The molecule has 1 heterocycles. The highest BCUT2D eigenvalue weighted by Crippen LogP contribution is 2.23. The molecular weight excluding hydrogens is 304 g/mol. The molecule has 0 radical (unpaired) electrons. The molecule has 24 heavy (non-hydrogen) atoms. The van der Waals surface area contributed by atoms with Crippen molar-refractivity contribution in [1.82, 2.24) is 0 Å². The third-order valence-electron chi connectivity index (χ3n) is 3.17. The third-order valence-corrected chi connectivity index (χ3v) is 3.17. The van der Waals surface area contributed by atoms with Gasteiger partial charge in [-0.15, -0.1) is 0 Å². The van der Waals surface area contributed by atoms with Gasteiger partial charge in [-0.25, -0.2) is 0 Å². The lowest BCUT2D eigenvalue weighted by Crippen LogP contribution is -2.03. The van der Waals surface area contributed by atoms with E-state index in [1.165, 1.54) is 0 Å². The standard InChI is InChI=1S/C17H16N6O/c18-9-14(10-19)13-7-16(24-17(8-13)11-22-23-21)6-3-12-1-4-15(20)5-2-12/h1-10,18-19H,11,20H2/b6-3+,14-13?,18-9?,19-10?. The minimum absolute atomic E-state index is 0.0519. The fourth-order valence-electron chi connectivity index (χ4n) is 2.00. The van der Waals surface area contributed by atoms with E-state index in [2.05, 4.69) is 10.0 Å². The number of nitrogen functional groups attached to an aromatic ring is 1. The predicted octanol–water partition coefficient (Wildman–Crippen LogP) is 3.99. The van der Waals surface area contributed by atoms with Gasteiger partial charge in [0.15, 0.2) is 0 Å². The molecule has 0 unspecified atom stereocenters. The maximum Gasteiger partial charge on any atom is 0.127 e. The lowest BCUT2D eigenvalue weighted by atomic mass is 10.1. The van der Waals surface area contributed by atoms with Crippen LogP contribution in [0.5, 0.6) is 0 Å². The van der Waals surface area contributed by atoms with Gasteiger partial charge in [-0.3, -0.25) is 0 Å². The minimum atomic E-state index is 0.0519. The van der Waals surface area contributed by atoms with Crippen molar-refractivity contribution in [3.05, 3.63) is 81.2 Å². The maximum atomic E-state index is 8.46. The highest BCUT2D eigenvalue weighted by Gasteiger charge is 2.11. The van der Waals surface area contributed by atoms with Crippen LogP contribution in [-0.2, 0) is 4.74 Å². The van der Waals surface area contributed by atoms with E-state index < -0.39 is 0 Å². The zero-order valence-electron chi connectivity index (χ0n) is 12.8. The number of ether oxygens (including phenoxy) is 1. The first-order valence-corrected chi connectivity index (χ1v) is 7.06. The van der Waals surface area contributed by atoms with Crippen molar-refractivity contribution in [1.29, 1.82) is 10.8 Å². The number of allylic oxidation sites excluding steroid dienone is 5. The molecule has 1 aliphatic heterocycles. The van der Waals surface area contributed by atoms with Crippen molar-refractivity contribution in [2.24, 2.45) is 5.11 Å². The van der Waals surface area contributed by atoms with E-state index >= 15 is 0 Å². The third kappa shape index (κ3) is 4.46. The zero-order valence-corrected chi connectivity index (χ0v) is 12.8. The molecule has 2 rings (SSSR count). The molecule has 0 amide bonds. The molecule has 7 nitrogen and oxygen atoms in total. The van der Waals surface area contributed by atoms with Crippen LogP contribution in [0.2, 0.25) is 0 Å². The Morgan fingerprint density at radius 3 is 2.50 bits per heavy atom. The number of nitrogens with zero attached hydrogens (tertiary/aromatic N) is 3. The summed E-state index contributed by atoms with van der Waals surface area (Å²) in [4.78, 5) is 2.72. The molecule has 0 aromatic heterocycles. The summed E-state index contributed by atoms with van der Waals surface area (Å²) in [6.45, 7) is 0.0519. The first-order chi connectivity index (χ1) is 11.7. The second-order valence-electron chi connectivity index (χ2n) is 4.85. The first kappa shape index (κ1) is 16.8. The summed E-state index contributed by atoms with van der Waals surface area (Å²) >= 11 is 0. The van der Waals surface area contributed by atoms with Gasteiger partial charge >= 0.3 is 0 Å². The molecule has 1 aromatic rings. The molecule has 0 spiro atoms. The predicted molar refractivity (Wildman–Crippen MR) is 95.7 cm³/mol. The summed E-state index contributed by atoms with van der Waals surface area (Å²) in [7, 11) is 0. The Balaban J connectivity index is 2.32. The van der Waals surface area contributed by atoms with Crippen LogP contribution in [0.4, 0.5) is 5.69 Å². The number of hydrogen-bond donors (Lipinski definition) is 3. The van der Waals surface area contributed by atoms with Crippen LogP contribution in [0.15, 0.2) is 70.3 Å². The number of rotatable bonds is 6. The second kappa shape index (κ2) is 8.17. The quantitative estimate of drug-likeness (QED) is 0.240. The molecule has 0 atom stereocenters. The molecule has 0 aliphatic carbocycles. The molecule has 120 valence electrons. The zero-order chi connectivity index (χ0) is 17.4. The average Bonchev–Trinajstić information content (AvgIpc) is 2.60. The molecule has 0 saturated carbocycles. The maximum absolute atomic E-state index is 8.46. The molecule has 0 fully saturated rings. The molecule has 0 bridgehead atoms. The van der Waals surface area contributed by atoms with Gasteiger partial charge in [-0.2, -0.15) is 0 Å². The number of benzene rings is 1. The van der Waals surface area contributed by atoms with Crippen LogP contribution in [0.1, 0.15) is 5.56 Å². The van der Waals surface area contributed by atoms with Gasteiger partial charge in [-0.05, 0) is 47.0 Å². The van der Waals surface area contributed by atoms with Gasteiger partial charge in [-0.1, -0.05) is 23.3 Å². The van der Waals surface area contributed by atoms with Crippen molar-refractivity contribution in [3.63, 3.8) is 0 Å². The van der Waals surface area contributed by atoms with Crippen LogP contribution in [0.25, 0.3) is 16.5 Å². The van der Waals surface area contributed by atoms with Gasteiger partial charge in [0.1, 0.15) is 11.5 Å². The topological polar surface area (TPSA) is 132 Å². The van der Waals surface area contributed by atoms with E-state index in [4.69, 9.17) is 26.8 Å². The lowest BCUT2D eigenvalue weighted by Gasteiger charge is -2.16. The fraction of sp³-hybridized carbons (Fsp3) is 0.0588. The smallest absolute Gasteiger partial charge is 0.127 e. The van der Waals surface area contributed by atoms with Gasteiger partial charge < -0.3 is 21.3 Å². The SMILES string of the molecule is [N-]=[N+]=NCC1=CC(=C(C=N)C=N)C=C(/C=C/c2ccc(N)cc2)O1. The molecule has 0 saturated heterocycles.